The lowest BCUT2D eigenvalue weighted by atomic mass is 9.92. The topological polar surface area (TPSA) is 30.7 Å². The second-order valence-electron chi connectivity index (χ2n) is 14.6. The van der Waals surface area contributed by atoms with Gasteiger partial charge in [-0.1, -0.05) is 127 Å². The number of rotatable bonds is 4. The van der Waals surface area contributed by atoms with Crippen LogP contribution in [0.1, 0.15) is 0 Å². The smallest absolute Gasteiger partial charge is 0.0971 e. The fourth-order valence-electron chi connectivity index (χ4n) is 8.90. The van der Waals surface area contributed by atoms with E-state index in [0.29, 0.717) is 0 Å². The van der Waals surface area contributed by atoms with Gasteiger partial charge in [-0.2, -0.15) is 0 Å². The molecule has 0 amide bonds. The molecule has 3 aromatic heterocycles. The van der Waals surface area contributed by atoms with Crippen molar-refractivity contribution in [2.24, 2.45) is 0 Å². The van der Waals surface area contributed by atoms with Crippen LogP contribution in [0.3, 0.4) is 0 Å². The molecule has 0 radical (unpaired) electrons. The van der Waals surface area contributed by atoms with Crippen LogP contribution in [0.5, 0.6) is 0 Å². The zero-order valence-corrected chi connectivity index (χ0v) is 31.0. The molecule has 9 aromatic carbocycles. The van der Waals surface area contributed by atoms with E-state index in [1.165, 1.54) is 75.0 Å². The Morgan fingerprint density at radius 3 is 1.59 bits per heavy atom. The van der Waals surface area contributed by atoms with Crippen LogP contribution in [-0.2, 0) is 0 Å². The first-order valence-electron chi connectivity index (χ1n) is 19.0. The molecule has 0 bridgehead atoms. The third kappa shape index (κ3) is 4.70. The maximum absolute atomic E-state index is 4.87. The Kier molecular flexibility index (Phi) is 6.80. The SMILES string of the molecule is c1cc(-c2ccc3c(c2)c2cc(-c4cccc(-n5c6ccccc6c6ccccc65)c4)ccc2c2nccnc32)cc(-c2cccc3c2sc2ccccc23)c1. The van der Waals surface area contributed by atoms with Crippen molar-refractivity contribution in [3.63, 3.8) is 0 Å². The molecule has 12 aromatic rings. The first-order valence-corrected chi connectivity index (χ1v) is 19.8. The molecule has 260 valence electrons. The van der Waals surface area contributed by atoms with Crippen molar-refractivity contribution in [2.45, 2.75) is 0 Å². The molecule has 0 saturated heterocycles. The largest absolute Gasteiger partial charge is 0.309 e. The van der Waals surface area contributed by atoms with Gasteiger partial charge in [-0.15, -0.1) is 11.3 Å². The predicted molar refractivity (Wildman–Crippen MR) is 238 cm³/mol. The Morgan fingerprint density at radius 2 is 0.893 bits per heavy atom. The molecule has 0 unspecified atom stereocenters. The zero-order chi connectivity index (χ0) is 36.7. The highest BCUT2D eigenvalue weighted by Gasteiger charge is 2.16. The Balaban J connectivity index is 1.03. The van der Waals surface area contributed by atoms with Crippen LogP contribution in [0.2, 0.25) is 0 Å². The molecule has 0 spiro atoms. The average Bonchev–Trinajstić information content (AvgIpc) is 3.82. The quantitative estimate of drug-likeness (QED) is 0.169. The summed E-state index contributed by atoms with van der Waals surface area (Å²) < 4.78 is 5.03. The lowest BCUT2D eigenvalue weighted by Gasteiger charge is -2.14. The number of aromatic nitrogens is 3. The second kappa shape index (κ2) is 12.2. The fourth-order valence-corrected chi connectivity index (χ4v) is 10.1. The predicted octanol–water partition coefficient (Wildman–Crippen LogP) is 14.4. The number of hydrogen-bond donors (Lipinski definition) is 0. The van der Waals surface area contributed by atoms with Crippen molar-refractivity contribution >= 4 is 85.9 Å². The maximum atomic E-state index is 4.87. The van der Waals surface area contributed by atoms with Crippen molar-refractivity contribution in [1.82, 2.24) is 14.5 Å². The Bertz CT molecular complexity index is 3500. The van der Waals surface area contributed by atoms with Gasteiger partial charge in [0.1, 0.15) is 0 Å². The molecule has 0 fully saturated rings. The molecule has 12 rings (SSSR count). The van der Waals surface area contributed by atoms with Gasteiger partial charge in [0.25, 0.3) is 0 Å². The second-order valence-corrected chi connectivity index (χ2v) is 15.6. The van der Waals surface area contributed by atoms with E-state index in [0.717, 1.165) is 38.6 Å². The number of nitrogens with zero attached hydrogens (tertiary/aromatic N) is 3. The van der Waals surface area contributed by atoms with Crippen LogP contribution in [-0.4, -0.2) is 14.5 Å². The van der Waals surface area contributed by atoms with Gasteiger partial charge in [0.15, 0.2) is 0 Å². The molecule has 0 atom stereocenters. The Labute approximate surface area is 326 Å². The van der Waals surface area contributed by atoms with Crippen molar-refractivity contribution in [2.75, 3.05) is 0 Å². The summed E-state index contributed by atoms with van der Waals surface area (Å²) in [5.41, 5.74) is 12.6. The van der Waals surface area contributed by atoms with E-state index in [1.54, 1.807) is 12.4 Å². The van der Waals surface area contributed by atoms with Crippen LogP contribution in [0.4, 0.5) is 0 Å². The highest BCUT2D eigenvalue weighted by atomic mass is 32.1. The van der Waals surface area contributed by atoms with Crippen LogP contribution in [0.15, 0.2) is 188 Å². The minimum absolute atomic E-state index is 0.923. The molecule has 0 N–H and O–H groups in total. The average molecular weight is 730 g/mol. The third-order valence-corrected chi connectivity index (χ3v) is 12.7. The van der Waals surface area contributed by atoms with Gasteiger partial charge in [-0.25, -0.2) is 0 Å². The molecule has 3 nitrogen and oxygen atoms in total. The van der Waals surface area contributed by atoms with Crippen molar-refractivity contribution in [1.29, 1.82) is 0 Å². The first kappa shape index (κ1) is 31.2. The van der Waals surface area contributed by atoms with Gasteiger partial charge < -0.3 is 4.57 Å². The lowest BCUT2D eigenvalue weighted by Crippen LogP contribution is -1.94. The highest BCUT2D eigenvalue weighted by Crippen LogP contribution is 2.42. The van der Waals surface area contributed by atoms with E-state index in [9.17, 15) is 0 Å². The minimum atomic E-state index is 0.923. The van der Waals surface area contributed by atoms with Crippen LogP contribution >= 0.6 is 11.3 Å². The van der Waals surface area contributed by atoms with E-state index in [-0.39, 0.29) is 0 Å². The van der Waals surface area contributed by atoms with Crippen LogP contribution in [0, 0.1) is 0 Å². The Hall–Kier alpha value is -7.14. The monoisotopic (exact) mass is 729 g/mol. The minimum Gasteiger partial charge on any atom is -0.309 e. The van der Waals surface area contributed by atoms with Gasteiger partial charge >= 0.3 is 0 Å². The summed E-state index contributed by atoms with van der Waals surface area (Å²) in [6, 6.07) is 64.3. The standard InChI is InChI=1S/C52H31N3S/c1-4-19-47-39(14-1)40-15-2-5-20-48(40)55(47)37-13-8-11-33(29-37)35-23-25-43-46(31-35)45-30-34(22-24-42(45)50-51(43)54-27-26-53-50)32-10-7-12-36(28-32)38-17-9-18-44-41-16-3-6-21-49(41)56-52(38)44/h1-31H. The summed E-state index contributed by atoms with van der Waals surface area (Å²) in [5.74, 6) is 0. The van der Waals surface area contributed by atoms with Gasteiger partial charge in [0.05, 0.1) is 22.1 Å². The van der Waals surface area contributed by atoms with E-state index < -0.39 is 0 Å². The van der Waals surface area contributed by atoms with Crippen molar-refractivity contribution in [3.8, 4) is 39.1 Å². The van der Waals surface area contributed by atoms with Gasteiger partial charge in [-0.3, -0.25) is 9.97 Å². The fraction of sp³-hybridized carbons (Fsp3) is 0. The molecule has 3 heterocycles. The van der Waals surface area contributed by atoms with E-state index >= 15 is 0 Å². The maximum Gasteiger partial charge on any atom is 0.0971 e. The molecular weight excluding hydrogens is 699 g/mol. The van der Waals surface area contributed by atoms with E-state index in [2.05, 4.69) is 180 Å². The summed E-state index contributed by atoms with van der Waals surface area (Å²) in [4.78, 5) is 9.74. The van der Waals surface area contributed by atoms with E-state index in [4.69, 9.17) is 9.97 Å². The summed E-state index contributed by atoms with van der Waals surface area (Å²) >= 11 is 1.88. The molecule has 4 heteroatoms. The number of fused-ring (bicyclic) bond motifs is 12. The molecule has 0 aliphatic rings. The third-order valence-electron chi connectivity index (χ3n) is 11.5. The number of benzene rings is 9. The molecule has 0 saturated carbocycles. The first-order chi connectivity index (χ1) is 27.8. The summed E-state index contributed by atoms with van der Waals surface area (Å²) in [6.07, 6.45) is 3.60. The van der Waals surface area contributed by atoms with Crippen molar-refractivity contribution in [3.05, 3.63) is 188 Å². The van der Waals surface area contributed by atoms with Gasteiger partial charge in [0.2, 0.25) is 0 Å². The molecule has 56 heavy (non-hydrogen) atoms. The summed E-state index contributed by atoms with van der Waals surface area (Å²) in [7, 11) is 0. The highest BCUT2D eigenvalue weighted by molar-refractivity contribution is 7.26. The van der Waals surface area contributed by atoms with Gasteiger partial charge in [0, 0.05) is 59.8 Å². The number of thiophene rings is 1. The van der Waals surface area contributed by atoms with E-state index in [1.807, 2.05) is 11.3 Å². The number of hydrogen-bond acceptors (Lipinski definition) is 3. The van der Waals surface area contributed by atoms with Crippen LogP contribution < -0.4 is 0 Å². The molecular formula is C52H31N3S. The van der Waals surface area contributed by atoms with Crippen molar-refractivity contribution < 1.29 is 0 Å². The molecule has 0 aliphatic carbocycles. The van der Waals surface area contributed by atoms with Gasteiger partial charge in [-0.05, 0) is 92.7 Å². The zero-order valence-electron chi connectivity index (χ0n) is 30.1. The lowest BCUT2D eigenvalue weighted by molar-refractivity contribution is 1.18. The Morgan fingerprint density at radius 1 is 0.357 bits per heavy atom. The normalized spacial score (nSPS) is 11.9. The number of para-hydroxylation sites is 2. The van der Waals surface area contributed by atoms with Crippen LogP contribution in [0.25, 0.3) is 114 Å². The molecule has 0 aliphatic heterocycles. The summed E-state index contributed by atoms with van der Waals surface area (Å²) in [6.45, 7) is 0. The summed E-state index contributed by atoms with van der Waals surface area (Å²) in [5, 5.41) is 9.70.